The first-order valence-electron chi connectivity index (χ1n) is 3.63. The molecular formula is C8H5BrClNO3S. The number of rotatable bonds is 2. The Balaban J connectivity index is 3.66. The highest BCUT2D eigenvalue weighted by Gasteiger charge is 2.21. The van der Waals surface area contributed by atoms with Crippen LogP contribution in [0.25, 0.3) is 0 Å². The van der Waals surface area contributed by atoms with Crippen molar-refractivity contribution < 1.29 is 13.2 Å². The third-order valence-corrected chi connectivity index (χ3v) is 3.66. The Morgan fingerprint density at radius 1 is 1.53 bits per heavy atom. The predicted octanol–water partition coefficient (Wildman–Crippen LogP) is 2.26. The molecular weight excluding hydrogens is 306 g/mol. The van der Waals surface area contributed by atoms with Crippen LogP contribution in [-0.2, 0) is 9.05 Å². The van der Waals surface area contributed by atoms with Gasteiger partial charge in [-0.1, -0.05) is 0 Å². The lowest BCUT2D eigenvalue weighted by Gasteiger charge is -2.08. The molecule has 0 aliphatic heterocycles. The minimum absolute atomic E-state index is 0.0538. The summed E-state index contributed by atoms with van der Waals surface area (Å²) in [6.07, 6.45) is 0. The van der Waals surface area contributed by atoms with Crippen LogP contribution >= 0.6 is 26.6 Å². The fraction of sp³-hybridized carbons (Fsp3) is 0.125. The standard InChI is InChI=1S/C8H5BrClNO3S/c1-14-8-5(4-11)6(9)2-3-7(8)15(10,12)13/h2-3H,1H3. The highest BCUT2D eigenvalue weighted by molar-refractivity contribution is 9.10. The van der Waals surface area contributed by atoms with Gasteiger partial charge in [-0.05, 0) is 28.1 Å². The summed E-state index contributed by atoms with van der Waals surface area (Å²) in [5.41, 5.74) is 0.0965. The molecule has 0 spiro atoms. The smallest absolute Gasteiger partial charge is 0.265 e. The molecule has 0 heterocycles. The van der Waals surface area contributed by atoms with Gasteiger partial charge in [0.1, 0.15) is 16.5 Å². The normalized spacial score (nSPS) is 10.8. The number of hydrogen-bond donors (Lipinski definition) is 0. The molecule has 0 N–H and O–H groups in total. The molecule has 7 heteroatoms. The van der Waals surface area contributed by atoms with Gasteiger partial charge in [-0.2, -0.15) is 5.26 Å². The Labute approximate surface area is 100.0 Å². The average Bonchev–Trinajstić information content (AvgIpc) is 2.15. The van der Waals surface area contributed by atoms with Crippen LogP contribution in [-0.4, -0.2) is 15.5 Å². The van der Waals surface area contributed by atoms with Crippen LogP contribution in [0.2, 0.25) is 0 Å². The second-order valence-electron chi connectivity index (χ2n) is 2.50. The van der Waals surface area contributed by atoms with Crippen LogP contribution in [0.1, 0.15) is 5.56 Å². The van der Waals surface area contributed by atoms with Gasteiger partial charge in [-0.3, -0.25) is 0 Å². The number of hydrogen-bond acceptors (Lipinski definition) is 4. The lowest BCUT2D eigenvalue weighted by Crippen LogP contribution is -1.99. The number of methoxy groups -OCH3 is 1. The fourth-order valence-electron chi connectivity index (χ4n) is 1.04. The van der Waals surface area contributed by atoms with Crippen LogP contribution in [0.5, 0.6) is 5.75 Å². The predicted molar refractivity (Wildman–Crippen MR) is 58.4 cm³/mol. The van der Waals surface area contributed by atoms with Crippen LogP contribution in [0.4, 0.5) is 0 Å². The zero-order valence-electron chi connectivity index (χ0n) is 7.49. The highest BCUT2D eigenvalue weighted by atomic mass is 79.9. The largest absolute Gasteiger partial charge is 0.494 e. The van der Waals surface area contributed by atoms with Crippen molar-refractivity contribution in [2.24, 2.45) is 0 Å². The van der Waals surface area contributed by atoms with Gasteiger partial charge < -0.3 is 4.74 Å². The molecule has 80 valence electrons. The summed E-state index contributed by atoms with van der Waals surface area (Å²) in [6, 6.07) is 4.53. The van der Waals surface area contributed by atoms with Gasteiger partial charge in [0.2, 0.25) is 0 Å². The van der Waals surface area contributed by atoms with Crippen molar-refractivity contribution in [1.82, 2.24) is 0 Å². The lowest BCUT2D eigenvalue weighted by molar-refractivity contribution is 0.401. The van der Waals surface area contributed by atoms with E-state index in [1.54, 1.807) is 0 Å². The molecule has 4 nitrogen and oxygen atoms in total. The minimum atomic E-state index is -3.92. The lowest BCUT2D eigenvalue weighted by atomic mass is 10.2. The van der Waals surface area contributed by atoms with E-state index >= 15 is 0 Å². The molecule has 0 fully saturated rings. The molecule has 0 aliphatic rings. The monoisotopic (exact) mass is 309 g/mol. The molecule has 0 saturated heterocycles. The van der Waals surface area contributed by atoms with Crippen molar-refractivity contribution in [3.05, 3.63) is 22.2 Å². The number of nitrogens with zero attached hydrogens (tertiary/aromatic N) is 1. The molecule has 0 unspecified atom stereocenters. The molecule has 0 aliphatic carbocycles. The second kappa shape index (κ2) is 4.39. The summed E-state index contributed by atoms with van der Waals surface area (Å²) >= 11 is 3.11. The van der Waals surface area contributed by atoms with Crippen LogP contribution in [0.15, 0.2) is 21.5 Å². The zero-order valence-corrected chi connectivity index (χ0v) is 10.6. The van der Waals surface area contributed by atoms with Crippen molar-refractivity contribution in [3.8, 4) is 11.8 Å². The van der Waals surface area contributed by atoms with E-state index in [0.29, 0.717) is 4.47 Å². The highest BCUT2D eigenvalue weighted by Crippen LogP contribution is 2.34. The molecule has 1 aromatic rings. The first kappa shape index (κ1) is 12.3. The van der Waals surface area contributed by atoms with Crippen molar-refractivity contribution in [2.75, 3.05) is 7.11 Å². The summed E-state index contributed by atoms with van der Waals surface area (Å²) in [7, 11) is 2.54. The van der Waals surface area contributed by atoms with Crippen molar-refractivity contribution in [2.45, 2.75) is 4.90 Å². The number of ether oxygens (including phenoxy) is 1. The Kier molecular flexibility index (Phi) is 3.60. The zero-order chi connectivity index (χ0) is 11.6. The molecule has 0 bridgehead atoms. The molecule has 0 atom stereocenters. The molecule has 0 saturated carbocycles. The number of benzene rings is 1. The van der Waals surface area contributed by atoms with Crippen LogP contribution in [0.3, 0.4) is 0 Å². The maximum Gasteiger partial charge on any atom is 0.265 e. The number of halogens is 2. The number of nitriles is 1. The quantitative estimate of drug-likeness (QED) is 0.786. The fourth-order valence-corrected chi connectivity index (χ4v) is 2.44. The Morgan fingerprint density at radius 3 is 2.53 bits per heavy atom. The molecule has 0 radical (unpaired) electrons. The summed E-state index contributed by atoms with van der Waals surface area (Å²) in [5.74, 6) is -0.0538. The van der Waals surface area contributed by atoms with Gasteiger partial charge in [-0.25, -0.2) is 8.42 Å². The van der Waals surface area contributed by atoms with Crippen LogP contribution in [0, 0.1) is 11.3 Å². The van der Waals surface area contributed by atoms with Gasteiger partial charge in [0.15, 0.2) is 5.75 Å². The third kappa shape index (κ3) is 2.43. The van der Waals surface area contributed by atoms with E-state index in [0.717, 1.165) is 0 Å². The van der Waals surface area contributed by atoms with Gasteiger partial charge in [0.25, 0.3) is 9.05 Å². The molecule has 0 amide bonds. The van der Waals surface area contributed by atoms with Crippen molar-refractivity contribution in [1.29, 1.82) is 5.26 Å². The van der Waals surface area contributed by atoms with E-state index in [1.165, 1.54) is 19.2 Å². The Hall–Kier alpha value is -0.770. The third-order valence-electron chi connectivity index (χ3n) is 1.65. The van der Waals surface area contributed by atoms with Crippen molar-refractivity contribution >= 4 is 35.7 Å². The Bertz CT molecular complexity index is 536. The summed E-state index contributed by atoms with van der Waals surface area (Å²) in [6.45, 7) is 0. The summed E-state index contributed by atoms with van der Waals surface area (Å²) in [4.78, 5) is -0.216. The minimum Gasteiger partial charge on any atom is -0.494 e. The van der Waals surface area contributed by atoms with E-state index in [-0.39, 0.29) is 16.2 Å². The second-order valence-corrected chi connectivity index (χ2v) is 5.89. The van der Waals surface area contributed by atoms with E-state index in [1.807, 2.05) is 6.07 Å². The maximum atomic E-state index is 11.2. The van der Waals surface area contributed by atoms with Crippen molar-refractivity contribution in [3.63, 3.8) is 0 Å². The first-order chi connectivity index (χ1) is 6.91. The topological polar surface area (TPSA) is 67.2 Å². The van der Waals surface area contributed by atoms with E-state index in [4.69, 9.17) is 20.7 Å². The van der Waals surface area contributed by atoms with E-state index < -0.39 is 9.05 Å². The molecule has 15 heavy (non-hydrogen) atoms. The molecule has 0 aromatic heterocycles. The molecule has 1 aromatic carbocycles. The molecule has 1 rings (SSSR count). The Morgan fingerprint density at radius 2 is 2.13 bits per heavy atom. The van der Waals surface area contributed by atoms with Gasteiger partial charge in [0, 0.05) is 15.2 Å². The maximum absolute atomic E-state index is 11.2. The summed E-state index contributed by atoms with van der Waals surface area (Å²) < 4.78 is 27.6. The average molecular weight is 311 g/mol. The van der Waals surface area contributed by atoms with Gasteiger partial charge in [-0.15, -0.1) is 0 Å². The first-order valence-corrected chi connectivity index (χ1v) is 6.73. The van der Waals surface area contributed by atoms with E-state index in [2.05, 4.69) is 15.9 Å². The summed E-state index contributed by atoms with van der Waals surface area (Å²) in [5, 5.41) is 8.82. The SMILES string of the molecule is COc1c(S(=O)(=O)Cl)ccc(Br)c1C#N. The van der Waals surface area contributed by atoms with Crippen LogP contribution < -0.4 is 4.74 Å². The van der Waals surface area contributed by atoms with Gasteiger partial charge in [0.05, 0.1) is 7.11 Å². The van der Waals surface area contributed by atoms with E-state index in [9.17, 15) is 8.42 Å². The van der Waals surface area contributed by atoms with Gasteiger partial charge >= 0.3 is 0 Å².